The van der Waals surface area contributed by atoms with Crippen LogP contribution in [0.2, 0.25) is 0 Å². The Balaban J connectivity index is 1.74. The van der Waals surface area contributed by atoms with Gasteiger partial charge < -0.3 is 5.32 Å². The van der Waals surface area contributed by atoms with Crippen molar-refractivity contribution in [3.05, 3.63) is 93.8 Å². The fourth-order valence-corrected chi connectivity index (χ4v) is 3.46. The Morgan fingerprint density at radius 3 is 2.30 bits per heavy atom. The fourth-order valence-electron chi connectivity index (χ4n) is 3.46. The van der Waals surface area contributed by atoms with Crippen molar-refractivity contribution in [2.45, 2.75) is 27.3 Å². The van der Waals surface area contributed by atoms with E-state index in [4.69, 9.17) is 0 Å². The first-order valence-corrected chi connectivity index (χ1v) is 9.86. The summed E-state index contributed by atoms with van der Waals surface area (Å²) in [5.41, 5.74) is 5.21. The summed E-state index contributed by atoms with van der Waals surface area (Å²) in [5.74, 6) is -0.288. The maximum Gasteiger partial charge on any atom is 0.275 e. The van der Waals surface area contributed by atoms with Crippen molar-refractivity contribution in [1.29, 1.82) is 0 Å². The van der Waals surface area contributed by atoms with Crippen molar-refractivity contribution in [3.63, 3.8) is 0 Å². The Hall–Kier alpha value is -3.73. The van der Waals surface area contributed by atoms with Gasteiger partial charge in [0.15, 0.2) is 0 Å². The highest BCUT2D eigenvalue weighted by Crippen LogP contribution is 2.25. The summed E-state index contributed by atoms with van der Waals surface area (Å²) < 4.78 is 1.25. The number of rotatable bonds is 4. The molecular formula is C25H23N3O2. The minimum absolute atomic E-state index is 0.157. The first-order valence-electron chi connectivity index (χ1n) is 9.86. The van der Waals surface area contributed by atoms with Crippen molar-refractivity contribution < 1.29 is 4.79 Å². The monoisotopic (exact) mass is 397 g/mol. The van der Waals surface area contributed by atoms with Crippen molar-refractivity contribution >= 4 is 22.4 Å². The quantitative estimate of drug-likeness (QED) is 0.546. The van der Waals surface area contributed by atoms with Gasteiger partial charge in [-0.25, -0.2) is 4.68 Å². The summed E-state index contributed by atoms with van der Waals surface area (Å²) >= 11 is 0. The lowest BCUT2D eigenvalue weighted by atomic mass is 10.0. The number of fused-ring (bicyclic) bond motifs is 1. The molecular weight excluding hydrogens is 374 g/mol. The lowest BCUT2D eigenvalue weighted by molar-refractivity contribution is -0.117. The number of amides is 1. The smallest absolute Gasteiger partial charge is 0.275 e. The van der Waals surface area contributed by atoms with E-state index in [0.717, 1.165) is 33.3 Å². The lowest BCUT2D eigenvalue weighted by Gasteiger charge is -2.13. The van der Waals surface area contributed by atoms with Crippen molar-refractivity contribution in [2.24, 2.45) is 0 Å². The molecule has 3 aromatic carbocycles. The average Bonchev–Trinajstić information content (AvgIpc) is 2.73. The predicted octanol–water partition coefficient (Wildman–Crippen LogP) is 4.63. The normalized spacial score (nSPS) is 10.9. The largest absolute Gasteiger partial charge is 0.324 e. The van der Waals surface area contributed by atoms with E-state index in [1.165, 1.54) is 4.68 Å². The van der Waals surface area contributed by atoms with Crippen LogP contribution in [0.3, 0.4) is 0 Å². The van der Waals surface area contributed by atoms with Gasteiger partial charge in [-0.15, -0.1) is 0 Å². The molecule has 0 aliphatic heterocycles. The van der Waals surface area contributed by atoms with Crippen LogP contribution < -0.4 is 10.9 Å². The van der Waals surface area contributed by atoms with Gasteiger partial charge >= 0.3 is 0 Å². The highest BCUT2D eigenvalue weighted by Gasteiger charge is 2.15. The number of carbonyl (C=O) groups is 1. The van der Waals surface area contributed by atoms with Crippen molar-refractivity contribution in [2.75, 3.05) is 5.32 Å². The SMILES string of the molecule is Cc1ccc(-c2nn(CC(=O)Nc3cc(C)ccc3C)c(=O)c3ccccc23)cc1. The summed E-state index contributed by atoms with van der Waals surface area (Å²) in [6.07, 6.45) is 0. The van der Waals surface area contributed by atoms with E-state index in [1.54, 1.807) is 6.07 Å². The summed E-state index contributed by atoms with van der Waals surface area (Å²) in [6.45, 7) is 5.77. The van der Waals surface area contributed by atoms with Crippen LogP contribution in [0, 0.1) is 20.8 Å². The number of hydrogen-bond acceptors (Lipinski definition) is 3. The molecule has 0 aliphatic carbocycles. The molecule has 0 atom stereocenters. The number of hydrogen-bond donors (Lipinski definition) is 1. The Labute approximate surface area is 175 Å². The number of benzene rings is 3. The highest BCUT2D eigenvalue weighted by molar-refractivity contribution is 5.95. The number of nitrogens with zero attached hydrogens (tertiary/aromatic N) is 2. The zero-order chi connectivity index (χ0) is 21.3. The van der Waals surface area contributed by atoms with Gasteiger partial charge in [-0.1, -0.05) is 60.2 Å². The first-order chi connectivity index (χ1) is 14.4. The van der Waals surface area contributed by atoms with E-state index in [9.17, 15) is 9.59 Å². The molecule has 1 amide bonds. The summed E-state index contributed by atoms with van der Waals surface area (Å²) in [7, 11) is 0. The Morgan fingerprint density at radius 2 is 1.57 bits per heavy atom. The van der Waals surface area contributed by atoms with Gasteiger partial charge in [0.25, 0.3) is 5.56 Å². The minimum Gasteiger partial charge on any atom is -0.324 e. The van der Waals surface area contributed by atoms with Gasteiger partial charge in [0, 0.05) is 16.6 Å². The molecule has 150 valence electrons. The van der Waals surface area contributed by atoms with Crippen molar-refractivity contribution in [3.8, 4) is 11.3 Å². The summed E-state index contributed by atoms with van der Waals surface area (Å²) in [4.78, 5) is 25.7. The van der Waals surface area contributed by atoms with E-state index >= 15 is 0 Å². The van der Waals surface area contributed by atoms with Crippen LogP contribution >= 0.6 is 0 Å². The fraction of sp³-hybridized carbons (Fsp3) is 0.160. The number of carbonyl (C=O) groups excluding carboxylic acids is 1. The maximum atomic E-state index is 13.0. The average molecular weight is 397 g/mol. The molecule has 4 rings (SSSR count). The highest BCUT2D eigenvalue weighted by atomic mass is 16.2. The van der Waals surface area contributed by atoms with Gasteiger partial charge in [0.05, 0.1) is 11.1 Å². The standard InChI is InChI=1S/C25H23N3O2/c1-16-9-12-19(13-10-16)24-20-6-4-5-7-21(20)25(30)28(27-24)15-23(29)26-22-14-17(2)8-11-18(22)3/h4-14H,15H2,1-3H3,(H,26,29). The molecule has 5 nitrogen and oxygen atoms in total. The second kappa shape index (κ2) is 7.95. The molecule has 0 unspecified atom stereocenters. The second-order valence-electron chi connectivity index (χ2n) is 7.59. The zero-order valence-corrected chi connectivity index (χ0v) is 17.3. The molecule has 5 heteroatoms. The van der Waals surface area contributed by atoms with Crippen LogP contribution in [-0.4, -0.2) is 15.7 Å². The van der Waals surface area contributed by atoms with E-state index < -0.39 is 0 Å². The van der Waals surface area contributed by atoms with Crippen LogP contribution in [0.1, 0.15) is 16.7 Å². The third-order valence-electron chi connectivity index (χ3n) is 5.15. The van der Waals surface area contributed by atoms with Crippen LogP contribution in [0.4, 0.5) is 5.69 Å². The van der Waals surface area contributed by atoms with E-state index in [2.05, 4.69) is 10.4 Å². The van der Waals surface area contributed by atoms with Crippen molar-refractivity contribution in [1.82, 2.24) is 9.78 Å². The van der Waals surface area contributed by atoms with Gasteiger partial charge in [-0.3, -0.25) is 9.59 Å². The second-order valence-corrected chi connectivity index (χ2v) is 7.59. The molecule has 0 aliphatic rings. The molecule has 30 heavy (non-hydrogen) atoms. The van der Waals surface area contributed by atoms with Crippen LogP contribution in [0.5, 0.6) is 0 Å². The molecule has 0 saturated carbocycles. The van der Waals surface area contributed by atoms with Crippen LogP contribution in [0.15, 0.2) is 71.5 Å². The van der Waals surface area contributed by atoms with Gasteiger partial charge in [-0.2, -0.15) is 5.10 Å². The van der Waals surface area contributed by atoms with E-state index in [-0.39, 0.29) is 18.0 Å². The number of aryl methyl sites for hydroxylation is 3. The minimum atomic E-state index is -0.288. The molecule has 1 aromatic heterocycles. The van der Waals surface area contributed by atoms with E-state index in [1.807, 2.05) is 81.4 Å². The Bertz CT molecular complexity index is 1300. The molecule has 0 bridgehead atoms. The zero-order valence-electron chi connectivity index (χ0n) is 17.3. The molecule has 0 saturated heterocycles. The number of aromatic nitrogens is 2. The Morgan fingerprint density at radius 1 is 0.900 bits per heavy atom. The maximum absolute atomic E-state index is 13.0. The van der Waals surface area contributed by atoms with Gasteiger partial charge in [0.1, 0.15) is 6.54 Å². The number of anilines is 1. The third-order valence-corrected chi connectivity index (χ3v) is 5.15. The van der Waals surface area contributed by atoms with Gasteiger partial charge in [-0.05, 0) is 44.0 Å². The third kappa shape index (κ3) is 3.87. The first kappa shape index (κ1) is 19.6. The lowest BCUT2D eigenvalue weighted by Crippen LogP contribution is -2.30. The molecule has 1 N–H and O–H groups in total. The molecule has 0 radical (unpaired) electrons. The molecule has 0 fully saturated rings. The summed E-state index contributed by atoms with van der Waals surface area (Å²) in [6, 6.07) is 21.2. The number of nitrogens with one attached hydrogen (secondary N) is 1. The molecule has 0 spiro atoms. The Kier molecular flexibility index (Phi) is 5.19. The topological polar surface area (TPSA) is 64.0 Å². The van der Waals surface area contributed by atoms with Crippen LogP contribution in [0.25, 0.3) is 22.0 Å². The van der Waals surface area contributed by atoms with E-state index in [0.29, 0.717) is 11.1 Å². The van der Waals surface area contributed by atoms with Gasteiger partial charge in [0.2, 0.25) is 5.91 Å². The summed E-state index contributed by atoms with van der Waals surface area (Å²) in [5, 5.41) is 8.79. The molecule has 1 heterocycles. The predicted molar refractivity (Wildman–Crippen MR) is 121 cm³/mol. The molecule has 4 aromatic rings. The van der Waals surface area contributed by atoms with Crippen LogP contribution in [-0.2, 0) is 11.3 Å².